The molecule has 0 radical (unpaired) electrons. The van der Waals surface area contributed by atoms with Crippen LogP contribution in [-0.2, 0) is 20.9 Å². The van der Waals surface area contributed by atoms with Crippen molar-refractivity contribution in [3.05, 3.63) is 34.9 Å². The molecule has 10 heteroatoms. The number of benzene rings is 1. The Kier molecular flexibility index (Phi) is 7.21. The molecule has 0 bridgehead atoms. The monoisotopic (exact) mass is 502 g/mol. The van der Waals surface area contributed by atoms with Crippen molar-refractivity contribution in [1.29, 1.82) is 0 Å². The summed E-state index contributed by atoms with van der Waals surface area (Å²) in [6.45, 7) is 0.591. The smallest absolute Gasteiger partial charge is 0.247 e. The molecule has 1 aromatic rings. The van der Waals surface area contributed by atoms with Crippen LogP contribution in [0.25, 0.3) is 0 Å². The summed E-state index contributed by atoms with van der Waals surface area (Å²) in [5.41, 5.74) is 1.57. The first-order valence-electron chi connectivity index (χ1n) is 12.7. The number of aliphatic hydroxyl groups excluding tert-OH is 3. The number of nitrogens with zero attached hydrogens (tertiary/aromatic N) is 1. The Hall–Kier alpha value is -2.66. The van der Waals surface area contributed by atoms with E-state index in [-0.39, 0.29) is 37.7 Å². The fourth-order valence-electron chi connectivity index (χ4n) is 5.55. The maximum Gasteiger partial charge on any atom is 0.247 e. The van der Waals surface area contributed by atoms with Crippen molar-refractivity contribution in [3.63, 3.8) is 0 Å². The van der Waals surface area contributed by atoms with E-state index in [9.17, 15) is 24.9 Å². The molecule has 5 rings (SSSR count). The number of hydrogen-bond acceptors (Lipinski definition) is 8. The van der Waals surface area contributed by atoms with Crippen LogP contribution in [0.5, 0.6) is 11.5 Å². The molecule has 36 heavy (non-hydrogen) atoms. The van der Waals surface area contributed by atoms with Crippen LogP contribution in [0.3, 0.4) is 0 Å². The molecule has 0 aromatic heterocycles. The first-order valence-corrected chi connectivity index (χ1v) is 12.7. The molecule has 1 saturated heterocycles. The van der Waals surface area contributed by atoms with Gasteiger partial charge in [-0.25, -0.2) is 0 Å². The maximum atomic E-state index is 13.4. The highest BCUT2D eigenvalue weighted by Crippen LogP contribution is 2.51. The molecule has 1 aromatic carbocycles. The molecule has 2 amide bonds. The van der Waals surface area contributed by atoms with Gasteiger partial charge in [0, 0.05) is 36.8 Å². The van der Waals surface area contributed by atoms with Gasteiger partial charge in [-0.2, -0.15) is 0 Å². The van der Waals surface area contributed by atoms with Gasteiger partial charge in [-0.05, 0) is 49.5 Å². The first-order chi connectivity index (χ1) is 17.5. The minimum Gasteiger partial charge on any atom is -0.493 e. The van der Waals surface area contributed by atoms with Crippen LogP contribution < -0.4 is 14.8 Å². The number of amides is 2. The van der Waals surface area contributed by atoms with Gasteiger partial charge in [0.2, 0.25) is 11.8 Å². The van der Waals surface area contributed by atoms with Gasteiger partial charge in [-0.1, -0.05) is 0 Å². The van der Waals surface area contributed by atoms with Gasteiger partial charge < -0.3 is 39.7 Å². The maximum absolute atomic E-state index is 13.4. The summed E-state index contributed by atoms with van der Waals surface area (Å²) in [6.07, 6.45) is 2.98. The molecule has 5 atom stereocenters. The van der Waals surface area contributed by atoms with Crippen LogP contribution in [0, 0.1) is 5.92 Å². The lowest BCUT2D eigenvalue weighted by Gasteiger charge is -2.41. The minimum atomic E-state index is -1.11. The first kappa shape index (κ1) is 25.0. The lowest BCUT2D eigenvalue weighted by molar-refractivity contribution is -0.140. The summed E-state index contributed by atoms with van der Waals surface area (Å²) >= 11 is 0. The standard InChI is InChI=1S/C26H34N2O8/c1-34-20-10-14(13-30)9-17-21-18(25(32)27-6-7-29)11-19(22(31)24(21)36-23(17)20)28(26(33)15-4-5-15)12-16-3-2-8-35-16/h9-11,15-16,19,21-22,24,29-31H,2-8,12-13H2,1H3,(H,27,32)/t16-,19-,21+,22+,24+/m1/s1. The molecule has 0 unspecified atom stereocenters. The number of methoxy groups -OCH3 is 1. The Bertz CT molecular complexity index is 1030. The quantitative estimate of drug-likeness (QED) is 0.377. The highest BCUT2D eigenvalue weighted by molar-refractivity contribution is 5.96. The largest absolute Gasteiger partial charge is 0.493 e. The molecular formula is C26H34N2O8. The van der Waals surface area contributed by atoms with Gasteiger partial charge in [0.25, 0.3) is 0 Å². The third kappa shape index (κ3) is 4.58. The van der Waals surface area contributed by atoms with E-state index in [1.807, 2.05) is 0 Å². The lowest BCUT2D eigenvalue weighted by Crippen LogP contribution is -2.57. The molecule has 2 heterocycles. The van der Waals surface area contributed by atoms with Crippen molar-refractivity contribution in [3.8, 4) is 11.5 Å². The molecule has 196 valence electrons. The fraction of sp³-hybridized carbons (Fsp3) is 0.615. The predicted molar refractivity (Wildman–Crippen MR) is 127 cm³/mol. The van der Waals surface area contributed by atoms with Crippen LogP contribution in [0.4, 0.5) is 0 Å². The third-order valence-corrected chi connectivity index (χ3v) is 7.49. The summed E-state index contributed by atoms with van der Waals surface area (Å²) in [5.74, 6) is -0.359. The zero-order chi connectivity index (χ0) is 25.4. The van der Waals surface area contributed by atoms with E-state index < -0.39 is 30.1 Å². The number of aliphatic hydroxyl groups is 3. The number of fused-ring (bicyclic) bond motifs is 3. The minimum absolute atomic E-state index is 0.0463. The number of carbonyl (C=O) groups is 2. The number of carbonyl (C=O) groups excluding carboxylic acids is 2. The Morgan fingerprint density at radius 2 is 2.03 bits per heavy atom. The van der Waals surface area contributed by atoms with Crippen molar-refractivity contribution in [2.24, 2.45) is 5.92 Å². The number of nitrogens with one attached hydrogen (secondary N) is 1. The number of hydrogen-bond donors (Lipinski definition) is 4. The van der Waals surface area contributed by atoms with E-state index in [1.54, 1.807) is 23.1 Å². The lowest BCUT2D eigenvalue weighted by atomic mass is 9.77. The average molecular weight is 503 g/mol. The van der Waals surface area contributed by atoms with E-state index in [0.29, 0.717) is 41.4 Å². The van der Waals surface area contributed by atoms with Crippen LogP contribution in [0.1, 0.15) is 42.7 Å². The van der Waals surface area contributed by atoms with E-state index in [0.717, 1.165) is 25.7 Å². The summed E-state index contributed by atoms with van der Waals surface area (Å²) in [4.78, 5) is 28.4. The number of ether oxygens (including phenoxy) is 3. The topological polar surface area (TPSA) is 138 Å². The second-order valence-corrected chi connectivity index (χ2v) is 9.92. The normalized spacial score (nSPS) is 28.6. The van der Waals surface area contributed by atoms with Crippen molar-refractivity contribution in [1.82, 2.24) is 10.2 Å². The molecule has 2 fully saturated rings. The van der Waals surface area contributed by atoms with Crippen LogP contribution in [0.15, 0.2) is 23.8 Å². The van der Waals surface area contributed by atoms with E-state index in [2.05, 4.69) is 5.32 Å². The fourth-order valence-corrected chi connectivity index (χ4v) is 5.55. The predicted octanol–water partition coefficient (Wildman–Crippen LogP) is 0.228. The summed E-state index contributed by atoms with van der Waals surface area (Å²) in [6, 6.07) is 2.63. The summed E-state index contributed by atoms with van der Waals surface area (Å²) < 4.78 is 17.5. The van der Waals surface area contributed by atoms with Crippen LogP contribution >= 0.6 is 0 Å². The third-order valence-electron chi connectivity index (χ3n) is 7.49. The SMILES string of the molecule is COc1cc(CO)cc2c1O[C@@H]1[C@@H](O)[C@H](N(C[C@H]3CCCO3)C(=O)C3CC3)C=C(C(=O)NCCO)[C@H]21. The van der Waals surface area contributed by atoms with E-state index >= 15 is 0 Å². The summed E-state index contributed by atoms with van der Waals surface area (Å²) in [5, 5.41) is 33.4. The molecule has 2 aliphatic carbocycles. The Balaban J connectivity index is 1.56. The van der Waals surface area contributed by atoms with Gasteiger partial charge in [0.15, 0.2) is 11.5 Å². The van der Waals surface area contributed by atoms with Crippen LogP contribution in [0.2, 0.25) is 0 Å². The number of rotatable bonds is 9. The second kappa shape index (κ2) is 10.4. The van der Waals surface area contributed by atoms with E-state index in [4.69, 9.17) is 14.2 Å². The van der Waals surface area contributed by atoms with Gasteiger partial charge in [0.1, 0.15) is 12.2 Å². The van der Waals surface area contributed by atoms with Crippen LogP contribution in [-0.4, -0.2) is 89.8 Å². The Labute approximate surface area is 209 Å². The highest BCUT2D eigenvalue weighted by atomic mass is 16.5. The molecule has 1 saturated carbocycles. The molecule has 10 nitrogen and oxygen atoms in total. The Morgan fingerprint density at radius 3 is 2.67 bits per heavy atom. The van der Waals surface area contributed by atoms with Gasteiger partial charge in [0.05, 0.1) is 38.4 Å². The second-order valence-electron chi connectivity index (χ2n) is 9.92. The molecule has 4 N–H and O–H groups in total. The highest BCUT2D eigenvalue weighted by Gasteiger charge is 2.52. The molecule has 0 spiro atoms. The van der Waals surface area contributed by atoms with Crippen molar-refractivity contribution in [2.75, 3.05) is 33.4 Å². The zero-order valence-electron chi connectivity index (χ0n) is 20.4. The van der Waals surface area contributed by atoms with Crippen molar-refractivity contribution < 1.29 is 39.1 Å². The van der Waals surface area contributed by atoms with Crippen molar-refractivity contribution >= 4 is 11.8 Å². The molecule has 2 aliphatic heterocycles. The molecular weight excluding hydrogens is 468 g/mol. The average Bonchev–Trinajstić information content (AvgIpc) is 3.48. The van der Waals surface area contributed by atoms with Gasteiger partial charge in [-0.3, -0.25) is 9.59 Å². The van der Waals surface area contributed by atoms with Gasteiger partial charge in [-0.15, -0.1) is 0 Å². The summed E-state index contributed by atoms with van der Waals surface area (Å²) in [7, 11) is 1.49. The molecule has 4 aliphatic rings. The van der Waals surface area contributed by atoms with E-state index in [1.165, 1.54) is 7.11 Å². The zero-order valence-corrected chi connectivity index (χ0v) is 20.4. The van der Waals surface area contributed by atoms with Gasteiger partial charge >= 0.3 is 0 Å². The Morgan fingerprint density at radius 1 is 1.22 bits per heavy atom. The van der Waals surface area contributed by atoms with Crippen molar-refractivity contribution in [2.45, 2.75) is 62.6 Å².